The number of ether oxygens (including phenoxy) is 1. The molecule has 1 radical (unpaired) electrons. The molecule has 0 aliphatic heterocycles. The molecular weight excluding hydrogens is 419 g/mol. The highest BCUT2D eigenvalue weighted by Gasteiger charge is 2.13. The first-order valence-electron chi connectivity index (χ1n) is 13.1. The lowest BCUT2D eigenvalue weighted by Crippen LogP contribution is -2.28. The third kappa shape index (κ3) is 22.6. The van der Waals surface area contributed by atoms with E-state index < -0.39 is 15.1 Å². The molecule has 0 rings (SSSR count). The predicted molar refractivity (Wildman–Crippen MR) is 134 cm³/mol. The molecule has 0 aromatic rings. The number of hydrogen-bond acceptors (Lipinski definition) is 5. The number of carbonyl (C=O) groups excluding carboxylic acids is 1. The summed E-state index contributed by atoms with van der Waals surface area (Å²) >= 11 is -2.30. The van der Waals surface area contributed by atoms with Crippen molar-refractivity contribution in [3.63, 3.8) is 0 Å². The van der Waals surface area contributed by atoms with Gasteiger partial charge in [0.2, 0.25) is 0 Å². The quantitative estimate of drug-likeness (QED) is 0.0539. The average Bonchev–Trinajstić information content (AvgIpc) is 2.71. The summed E-state index contributed by atoms with van der Waals surface area (Å²) < 4.78 is 22.8. The molecule has 0 spiro atoms. The first kappa shape index (κ1) is 31.5. The zero-order valence-electron chi connectivity index (χ0n) is 22.0. The van der Waals surface area contributed by atoms with Crippen LogP contribution in [0.3, 0.4) is 0 Å². The molecule has 0 bridgehead atoms. The molecule has 0 atom stereocenters. The van der Waals surface area contributed by atoms with Crippen molar-refractivity contribution in [2.45, 2.75) is 119 Å². The van der Waals surface area contributed by atoms with Gasteiger partial charge in [-0.2, -0.15) is 0 Å². The minimum absolute atomic E-state index is 0.352. The van der Waals surface area contributed by atoms with Crippen molar-refractivity contribution in [3.8, 4) is 0 Å². The molecule has 5 nitrogen and oxygen atoms in total. The summed E-state index contributed by atoms with van der Waals surface area (Å²) in [6, 6.07) is 0. The Morgan fingerprint density at radius 2 is 1.19 bits per heavy atom. The molecule has 0 aliphatic rings. The van der Waals surface area contributed by atoms with Crippen molar-refractivity contribution in [1.82, 2.24) is 0 Å². The van der Waals surface area contributed by atoms with Crippen LogP contribution in [0.25, 0.3) is 0 Å². The largest absolute Gasteiger partial charge is 0.777 e. The highest BCUT2D eigenvalue weighted by molar-refractivity contribution is 6.36. The van der Waals surface area contributed by atoms with Crippen molar-refractivity contribution < 1.29 is 20.9 Å². The van der Waals surface area contributed by atoms with E-state index in [9.17, 15) is 4.79 Å². The van der Waals surface area contributed by atoms with Gasteiger partial charge in [0.05, 0.1) is 12.7 Å². The Hall–Kier alpha value is -0.538. The molecule has 0 aromatic carbocycles. The smallest absolute Gasteiger partial charge is 0.653 e. The van der Waals surface area contributed by atoms with Gasteiger partial charge in [0.25, 0.3) is 0 Å². The standard InChI is InChI=1S/2C10H21O.C6H10O3.Al/c2*1-10(2)8-6-4-3-5-7-9-11;1-3-9-6(8)4-5(2)7;/h2*10H,3-9H2,1-2H3;4,7H,3H2,1-2H3;/q2*-1;;+2/p-1. The molecule has 0 aromatic heterocycles. The summed E-state index contributed by atoms with van der Waals surface area (Å²) in [5.41, 5.74) is 0. The predicted octanol–water partition coefficient (Wildman–Crippen LogP) is 7.48. The first-order chi connectivity index (χ1) is 15.3. The fourth-order valence-corrected chi connectivity index (χ4v) is 4.70. The molecule has 0 unspecified atom stereocenters. The second-order valence-corrected chi connectivity index (χ2v) is 11.0. The van der Waals surface area contributed by atoms with Gasteiger partial charge in [-0.15, -0.1) is 0 Å². The summed E-state index contributed by atoms with van der Waals surface area (Å²) in [5.74, 6) is 1.71. The molecular formula is C26H51AlO5-. The number of rotatable bonds is 22. The van der Waals surface area contributed by atoms with Gasteiger partial charge in [-0.1, -0.05) is 91.9 Å². The molecule has 0 saturated carbocycles. The van der Waals surface area contributed by atoms with Crippen LogP contribution >= 0.6 is 0 Å². The summed E-state index contributed by atoms with van der Waals surface area (Å²) in [6.45, 7) is 14.3. The fraction of sp³-hybridized carbons (Fsp3) is 0.885. The number of allylic oxidation sites excluding steroid dienone is 1. The van der Waals surface area contributed by atoms with Crippen LogP contribution in [0.15, 0.2) is 11.8 Å². The lowest BCUT2D eigenvalue weighted by Gasteiger charge is -2.30. The van der Waals surface area contributed by atoms with Gasteiger partial charge >= 0.3 is 21.1 Å². The average molecular weight is 471 g/mol. The SMILES string of the molecule is CCOC(=O)C=C(C)[O][Al-]([O]CCCCCCCC(C)C)[O]CCCCCCCC(C)C. The topological polar surface area (TPSA) is 54.0 Å². The minimum Gasteiger partial charge on any atom is -0.777 e. The second kappa shape index (κ2) is 22.3. The van der Waals surface area contributed by atoms with Gasteiger partial charge in [0.1, 0.15) is 0 Å². The van der Waals surface area contributed by atoms with Crippen LogP contribution in [0, 0.1) is 11.8 Å². The first-order valence-corrected chi connectivity index (χ1v) is 14.5. The van der Waals surface area contributed by atoms with Crippen LogP contribution in [-0.2, 0) is 20.9 Å². The van der Waals surface area contributed by atoms with Gasteiger partial charge < -0.3 is 16.1 Å². The molecule has 0 N–H and O–H groups in total. The normalized spacial score (nSPS) is 12.2. The molecule has 189 valence electrons. The maximum absolute atomic E-state index is 11.6. The maximum atomic E-state index is 11.6. The van der Waals surface area contributed by atoms with E-state index in [0.717, 1.165) is 24.7 Å². The summed E-state index contributed by atoms with van der Waals surface area (Å²) in [6.07, 6.45) is 16.1. The third-order valence-corrected chi connectivity index (χ3v) is 6.83. The van der Waals surface area contributed by atoms with Crippen molar-refractivity contribution in [2.75, 3.05) is 19.8 Å². The Balaban J connectivity index is 4.18. The van der Waals surface area contributed by atoms with E-state index in [4.69, 9.17) is 16.1 Å². The van der Waals surface area contributed by atoms with E-state index in [2.05, 4.69) is 27.7 Å². The number of unbranched alkanes of at least 4 members (excludes halogenated alkanes) is 8. The zero-order chi connectivity index (χ0) is 24.0. The lowest BCUT2D eigenvalue weighted by molar-refractivity contribution is -0.137. The van der Waals surface area contributed by atoms with E-state index in [1.807, 2.05) is 0 Å². The molecule has 0 fully saturated rings. The van der Waals surface area contributed by atoms with Crippen molar-refractivity contribution >= 4 is 21.1 Å². The summed E-state index contributed by atoms with van der Waals surface area (Å²) in [4.78, 5) is 11.6. The van der Waals surface area contributed by atoms with Gasteiger partial charge in [0.15, 0.2) is 0 Å². The Kier molecular flexibility index (Phi) is 21.9. The summed E-state index contributed by atoms with van der Waals surface area (Å²) in [7, 11) is 0. The monoisotopic (exact) mass is 470 g/mol. The van der Waals surface area contributed by atoms with E-state index >= 15 is 0 Å². The minimum atomic E-state index is -2.30. The Bertz CT molecular complexity index is 441. The molecule has 32 heavy (non-hydrogen) atoms. The van der Waals surface area contributed by atoms with Crippen molar-refractivity contribution in [3.05, 3.63) is 11.8 Å². The maximum Gasteiger partial charge on any atom is 0.653 e. The van der Waals surface area contributed by atoms with Crippen molar-refractivity contribution in [1.29, 1.82) is 0 Å². The lowest BCUT2D eigenvalue weighted by atomic mass is 10.0. The highest BCUT2D eigenvalue weighted by atomic mass is 27.3. The number of hydrogen-bond donors (Lipinski definition) is 0. The van der Waals surface area contributed by atoms with Crippen LogP contribution in [0.1, 0.15) is 119 Å². The van der Waals surface area contributed by atoms with Crippen LogP contribution < -0.4 is 0 Å². The van der Waals surface area contributed by atoms with E-state index in [-0.39, 0.29) is 5.97 Å². The number of esters is 1. The van der Waals surface area contributed by atoms with Crippen LogP contribution in [0.4, 0.5) is 0 Å². The molecule has 0 aliphatic carbocycles. The highest BCUT2D eigenvalue weighted by Crippen LogP contribution is 2.13. The van der Waals surface area contributed by atoms with E-state index in [1.54, 1.807) is 13.8 Å². The molecule has 6 heteroatoms. The Morgan fingerprint density at radius 1 is 0.750 bits per heavy atom. The molecule has 0 heterocycles. The van der Waals surface area contributed by atoms with E-state index in [1.165, 1.54) is 70.3 Å². The van der Waals surface area contributed by atoms with Gasteiger partial charge in [-0.25, -0.2) is 4.79 Å². The van der Waals surface area contributed by atoms with Crippen molar-refractivity contribution in [2.24, 2.45) is 11.8 Å². The van der Waals surface area contributed by atoms with Crippen LogP contribution in [0.2, 0.25) is 0 Å². The van der Waals surface area contributed by atoms with E-state index in [0.29, 0.717) is 25.6 Å². The Labute approximate surface area is 204 Å². The fourth-order valence-electron chi connectivity index (χ4n) is 3.38. The van der Waals surface area contributed by atoms with Gasteiger partial charge in [-0.3, -0.25) is 0 Å². The van der Waals surface area contributed by atoms with Crippen LogP contribution in [-0.4, -0.2) is 40.9 Å². The molecule has 0 amide bonds. The Morgan fingerprint density at radius 3 is 1.62 bits per heavy atom. The zero-order valence-corrected chi connectivity index (χ0v) is 23.1. The number of carbonyl (C=O) groups is 1. The van der Waals surface area contributed by atoms with Gasteiger partial charge in [0, 0.05) is 5.76 Å². The van der Waals surface area contributed by atoms with Gasteiger partial charge in [-0.05, 0) is 51.7 Å². The third-order valence-electron chi connectivity index (χ3n) is 5.25. The molecule has 0 saturated heterocycles. The second-order valence-electron chi connectivity index (χ2n) is 9.56. The summed E-state index contributed by atoms with van der Waals surface area (Å²) in [5, 5.41) is 0. The van der Waals surface area contributed by atoms with Crippen LogP contribution in [0.5, 0.6) is 0 Å².